The van der Waals surface area contributed by atoms with Crippen LogP contribution in [0, 0.1) is 5.82 Å². The molecule has 1 aromatic carbocycles. The topological polar surface area (TPSA) is 49.3 Å². The molecule has 1 amide bonds. The quantitative estimate of drug-likeness (QED) is 0.856. The van der Waals surface area contributed by atoms with E-state index in [0.29, 0.717) is 13.0 Å². The van der Waals surface area contributed by atoms with Gasteiger partial charge in [-0.05, 0) is 24.1 Å². The Balaban J connectivity index is 1.82. The zero-order valence-corrected chi connectivity index (χ0v) is 10.0. The highest BCUT2D eigenvalue weighted by Gasteiger charge is 2.26. The summed E-state index contributed by atoms with van der Waals surface area (Å²) in [4.78, 5) is 11.0. The number of carbonyl (C=O) groups excluding carboxylic acids is 1. The van der Waals surface area contributed by atoms with Crippen molar-refractivity contribution in [3.05, 3.63) is 35.6 Å². The second-order valence-electron chi connectivity index (χ2n) is 4.06. The van der Waals surface area contributed by atoms with Crippen molar-refractivity contribution in [2.45, 2.75) is 23.5 Å². The Bertz CT molecular complexity index is 396. The van der Waals surface area contributed by atoms with Crippen LogP contribution in [-0.2, 0) is 10.5 Å². The van der Waals surface area contributed by atoms with Gasteiger partial charge in [-0.15, -0.1) is 0 Å². The smallest absolute Gasteiger partial charge is 0.248 e. The summed E-state index contributed by atoms with van der Waals surface area (Å²) < 4.78 is 12.7. The van der Waals surface area contributed by atoms with Gasteiger partial charge in [0.25, 0.3) is 0 Å². The summed E-state index contributed by atoms with van der Waals surface area (Å²) >= 11 is 1.66. The molecule has 2 atom stereocenters. The number of benzene rings is 1. The van der Waals surface area contributed by atoms with Gasteiger partial charge >= 0.3 is 0 Å². The highest BCUT2D eigenvalue weighted by molar-refractivity contribution is 7.99. The van der Waals surface area contributed by atoms with Crippen LogP contribution in [0.4, 0.5) is 4.39 Å². The summed E-state index contributed by atoms with van der Waals surface area (Å²) in [5.74, 6) is 0.232. The molecule has 0 bridgehead atoms. The lowest BCUT2D eigenvalue weighted by molar-refractivity contribution is -0.131. The minimum atomic E-state index is -0.894. The van der Waals surface area contributed by atoms with Crippen molar-refractivity contribution in [3.63, 3.8) is 0 Å². The van der Waals surface area contributed by atoms with E-state index in [1.807, 2.05) is 0 Å². The molecule has 2 N–H and O–H groups in total. The number of halogens is 1. The third kappa shape index (κ3) is 3.44. The van der Waals surface area contributed by atoms with E-state index in [0.717, 1.165) is 11.3 Å². The van der Waals surface area contributed by atoms with Crippen LogP contribution in [0.2, 0.25) is 0 Å². The number of amides is 1. The largest absolute Gasteiger partial charge is 0.383 e. The second kappa shape index (κ2) is 5.51. The van der Waals surface area contributed by atoms with E-state index in [2.05, 4.69) is 5.32 Å². The molecule has 0 aromatic heterocycles. The van der Waals surface area contributed by atoms with Crippen LogP contribution in [0.1, 0.15) is 12.0 Å². The number of nitrogens with one attached hydrogen (secondary N) is 1. The standard InChI is InChI=1S/C12H14FNO2S/c13-9-3-1-8(2-4-9)7-17-10-5-11(15)12(16)14-6-10/h1-4,10-11,15H,5-7H2,(H,14,16). The molecule has 0 spiro atoms. The maximum atomic E-state index is 12.7. The fraction of sp³-hybridized carbons (Fsp3) is 0.417. The van der Waals surface area contributed by atoms with Gasteiger partial charge in [-0.3, -0.25) is 4.79 Å². The molecule has 1 aromatic rings. The molecule has 2 unspecified atom stereocenters. The summed E-state index contributed by atoms with van der Waals surface area (Å²) in [5, 5.41) is 12.3. The molecule has 1 fully saturated rings. The Kier molecular flexibility index (Phi) is 4.02. The molecule has 1 aliphatic rings. The lowest BCUT2D eigenvalue weighted by Gasteiger charge is -2.25. The first kappa shape index (κ1) is 12.4. The lowest BCUT2D eigenvalue weighted by Crippen LogP contribution is -2.46. The maximum absolute atomic E-state index is 12.7. The molecule has 0 saturated carbocycles. The molecule has 5 heteroatoms. The number of thioether (sulfide) groups is 1. The highest BCUT2D eigenvalue weighted by Crippen LogP contribution is 2.23. The van der Waals surface area contributed by atoms with Gasteiger partial charge in [0.2, 0.25) is 5.91 Å². The highest BCUT2D eigenvalue weighted by atomic mass is 32.2. The summed E-state index contributed by atoms with van der Waals surface area (Å²) in [6.45, 7) is 0.585. The minimum Gasteiger partial charge on any atom is -0.383 e. The summed E-state index contributed by atoms with van der Waals surface area (Å²) in [7, 11) is 0. The van der Waals surface area contributed by atoms with Gasteiger partial charge in [0.05, 0.1) is 0 Å². The Morgan fingerprint density at radius 2 is 2.12 bits per heavy atom. The second-order valence-corrected chi connectivity index (χ2v) is 5.34. The Labute approximate surface area is 103 Å². The first-order valence-corrected chi connectivity index (χ1v) is 6.52. The summed E-state index contributed by atoms with van der Waals surface area (Å²) in [5.41, 5.74) is 1.04. The number of aliphatic hydroxyl groups excluding tert-OH is 1. The van der Waals surface area contributed by atoms with E-state index < -0.39 is 6.10 Å². The molecule has 1 saturated heterocycles. The zero-order valence-electron chi connectivity index (χ0n) is 9.23. The Hall–Kier alpha value is -1.07. The van der Waals surface area contributed by atoms with E-state index in [-0.39, 0.29) is 17.0 Å². The predicted molar refractivity (Wildman–Crippen MR) is 65.1 cm³/mol. The average molecular weight is 255 g/mol. The van der Waals surface area contributed by atoms with E-state index >= 15 is 0 Å². The van der Waals surface area contributed by atoms with Crippen LogP contribution in [0.5, 0.6) is 0 Å². The molecule has 1 heterocycles. The molecule has 0 radical (unpaired) electrons. The average Bonchev–Trinajstić information content (AvgIpc) is 2.33. The van der Waals surface area contributed by atoms with Gasteiger partial charge in [0.1, 0.15) is 11.9 Å². The van der Waals surface area contributed by atoms with Crippen molar-refractivity contribution < 1.29 is 14.3 Å². The molecule has 3 nitrogen and oxygen atoms in total. The van der Waals surface area contributed by atoms with Crippen LogP contribution >= 0.6 is 11.8 Å². The van der Waals surface area contributed by atoms with Crippen molar-refractivity contribution in [2.75, 3.05) is 6.54 Å². The summed E-state index contributed by atoms with van der Waals surface area (Å²) in [6, 6.07) is 6.38. The summed E-state index contributed by atoms with van der Waals surface area (Å²) in [6.07, 6.45) is -0.410. The fourth-order valence-corrected chi connectivity index (χ4v) is 2.83. The van der Waals surface area contributed by atoms with Gasteiger partial charge in [-0.25, -0.2) is 4.39 Å². The first-order chi connectivity index (χ1) is 8.15. The van der Waals surface area contributed by atoms with Crippen LogP contribution in [0.3, 0.4) is 0 Å². The minimum absolute atomic E-state index is 0.216. The number of carbonyl (C=O) groups is 1. The fourth-order valence-electron chi connectivity index (χ4n) is 1.69. The number of rotatable bonds is 3. The van der Waals surface area contributed by atoms with E-state index in [1.54, 1.807) is 23.9 Å². The zero-order chi connectivity index (χ0) is 12.3. The van der Waals surface area contributed by atoms with E-state index in [1.165, 1.54) is 12.1 Å². The van der Waals surface area contributed by atoms with Gasteiger partial charge in [-0.2, -0.15) is 11.8 Å². The molecular weight excluding hydrogens is 241 g/mol. The number of hydrogen-bond acceptors (Lipinski definition) is 3. The molecule has 92 valence electrons. The van der Waals surface area contributed by atoms with Gasteiger partial charge in [-0.1, -0.05) is 12.1 Å². The lowest BCUT2D eigenvalue weighted by atomic mass is 10.1. The molecular formula is C12H14FNO2S. The number of hydrogen-bond donors (Lipinski definition) is 2. The third-order valence-electron chi connectivity index (χ3n) is 2.69. The van der Waals surface area contributed by atoms with E-state index in [4.69, 9.17) is 0 Å². The maximum Gasteiger partial charge on any atom is 0.248 e. The third-order valence-corrected chi connectivity index (χ3v) is 4.02. The monoisotopic (exact) mass is 255 g/mol. The normalized spacial score (nSPS) is 24.5. The van der Waals surface area contributed by atoms with Crippen LogP contribution < -0.4 is 5.32 Å². The van der Waals surface area contributed by atoms with Crippen molar-refractivity contribution in [2.24, 2.45) is 0 Å². The SMILES string of the molecule is O=C1NCC(SCc2ccc(F)cc2)CC1O. The Morgan fingerprint density at radius 1 is 1.41 bits per heavy atom. The Morgan fingerprint density at radius 3 is 2.76 bits per heavy atom. The van der Waals surface area contributed by atoms with Gasteiger partial charge in [0.15, 0.2) is 0 Å². The van der Waals surface area contributed by atoms with Gasteiger partial charge < -0.3 is 10.4 Å². The molecule has 0 aliphatic carbocycles. The number of aliphatic hydroxyl groups is 1. The first-order valence-electron chi connectivity index (χ1n) is 5.47. The van der Waals surface area contributed by atoms with Crippen LogP contribution in [0.15, 0.2) is 24.3 Å². The predicted octanol–water partition coefficient (Wildman–Crippen LogP) is 1.31. The van der Waals surface area contributed by atoms with Gasteiger partial charge in [0, 0.05) is 17.5 Å². The van der Waals surface area contributed by atoms with Crippen LogP contribution in [-0.4, -0.2) is 28.9 Å². The number of piperidine rings is 1. The molecule has 1 aliphatic heterocycles. The van der Waals surface area contributed by atoms with Crippen molar-refractivity contribution in [3.8, 4) is 0 Å². The van der Waals surface area contributed by atoms with Crippen LogP contribution in [0.25, 0.3) is 0 Å². The van der Waals surface area contributed by atoms with E-state index in [9.17, 15) is 14.3 Å². The van der Waals surface area contributed by atoms with Crippen molar-refractivity contribution in [1.82, 2.24) is 5.32 Å². The van der Waals surface area contributed by atoms with Crippen molar-refractivity contribution >= 4 is 17.7 Å². The van der Waals surface area contributed by atoms with Crippen molar-refractivity contribution in [1.29, 1.82) is 0 Å². The molecule has 2 rings (SSSR count). The molecule has 17 heavy (non-hydrogen) atoms.